The zero-order chi connectivity index (χ0) is 15.8. The van der Waals surface area contributed by atoms with Crippen LogP contribution in [0.5, 0.6) is 0 Å². The van der Waals surface area contributed by atoms with E-state index in [0.717, 1.165) is 0 Å². The first-order valence-electron chi connectivity index (χ1n) is 5.55. The van der Waals surface area contributed by atoms with Crippen LogP contribution in [0, 0.1) is 0 Å². The maximum Gasteiger partial charge on any atom is 0.264 e. The van der Waals surface area contributed by atoms with E-state index in [1.165, 1.54) is 42.1 Å². The highest BCUT2D eigenvalue weighted by atomic mass is 79.9. The molecule has 0 fully saturated rings. The number of hydrogen-bond donors (Lipinski definition) is 1. The zero-order valence-electron chi connectivity index (χ0n) is 10.6. The molecule has 112 valence electrons. The molecule has 0 saturated heterocycles. The molecule has 2 aromatic rings. The van der Waals surface area contributed by atoms with Gasteiger partial charge in [0, 0.05) is 18.3 Å². The van der Waals surface area contributed by atoms with Crippen LogP contribution in [0.25, 0.3) is 0 Å². The van der Waals surface area contributed by atoms with Crippen molar-refractivity contribution in [1.82, 2.24) is 4.57 Å². The highest BCUT2D eigenvalue weighted by Gasteiger charge is 2.19. The molecule has 21 heavy (non-hydrogen) atoms. The van der Waals surface area contributed by atoms with Gasteiger partial charge in [0.05, 0.1) is 15.2 Å². The van der Waals surface area contributed by atoms with Gasteiger partial charge in [-0.2, -0.15) is 0 Å². The van der Waals surface area contributed by atoms with E-state index < -0.39 is 10.0 Å². The number of hydrogen-bond acceptors (Lipinski definition) is 3. The fraction of sp³-hybridized carbons (Fsp3) is 0.0833. The minimum atomic E-state index is -3.88. The lowest BCUT2D eigenvalue weighted by molar-refractivity contribution is 0.601. The number of aryl methyl sites for hydroxylation is 1. The Balaban J connectivity index is 2.44. The number of sulfonamides is 1. The third-order valence-electron chi connectivity index (χ3n) is 2.58. The first-order chi connectivity index (χ1) is 9.70. The number of rotatable bonds is 3. The third-order valence-corrected chi connectivity index (χ3v) is 5.24. The molecule has 0 saturated carbocycles. The molecule has 1 heterocycles. The molecule has 0 atom stereocenters. The van der Waals surface area contributed by atoms with Gasteiger partial charge in [-0.25, -0.2) is 8.42 Å². The normalized spacial score (nSPS) is 11.4. The lowest BCUT2D eigenvalue weighted by Crippen LogP contribution is -2.20. The number of aromatic nitrogens is 1. The molecule has 0 radical (unpaired) electrons. The number of nitrogens with zero attached hydrogens (tertiary/aromatic N) is 1. The number of anilines is 1. The fourth-order valence-corrected chi connectivity index (χ4v) is 3.96. The predicted molar refractivity (Wildman–Crippen MR) is 86.7 cm³/mol. The minimum Gasteiger partial charge on any atom is -0.316 e. The minimum absolute atomic E-state index is 0.0129. The quantitative estimate of drug-likeness (QED) is 0.842. The Kier molecular flexibility index (Phi) is 4.67. The molecule has 0 amide bonds. The number of halogens is 3. The number of nitrogens with one attached hydrogen (secondary N) is 1. The summed E-state index contributed by atoms with van der Waals surface area (Å²) >= 11 is 14.7. The summed E-state index contributed by atoms with van der Waals surface area (Å²) < 4.78 is 28.5. The van der Waals surface area contributed by atoms with Crippen molar-refractivity contribution >= 4 is 54.8 Å². The molecule has 5 nitrogen and oxygen atoms in total. The fourth-order valence-electron chi connectivity index (χ4n) is 1.63. The summed E-state index contributed by atoms with van der Waals surface area (Å²) in [6, 6.07) is 5.46. The Morgan fingerprint density at radius 2 is 1.90 bits per heavy atom. The Bertz CT molecular complexity index is 839. The van der Waals surface area contributed by atoms with E-state index in [0.29, 0.717) is 5.02 Å². The Hall–Kier alpha value is -1.02. The molecule has 0 aliphatic rings. The van der Waals surface area contributed by atoms with Gasteiger partial charge in [-0.15, -0.1) is 0 Å². The van der Waals surface area contributed by atoms with E-state index in [9.17, 15) is 13.2 Å². The van der Waals surface area contributed by atoms with Crippen molar-refractivity contribution in [2.45, 2.75) is 4.90 Å². The molecule has 1 aromatic carbocycles. The smallest absolute Gasteiger partial charge is 0.264 e. The second-order valence-electron chi connectivity index (χ2n) is 4.17. The van der Waals surface area contributed by atoms with Crippen LogP contribution in [-0.2, 0) is 17.1 Å². The van der Waals surface area contributed by atoms with Crippen molar-refractivity contribution in [1.29, 1.82) is 0 Å². The topological polar surface area (TPSA) is 68.2 Å². The summed E-state index contributed by atoms with van der Waals surface area (Å²) in [5, 5.41) is 0.350. The monoisotopic (exact) mass is 410 g/mol. The van der Waals surface area contributed by atoms with Gasteiger partial charge in [-0.05, 0) is 40.2 Å². The second kappa shape index (κ2) is 6.00. The van der Waals surface area contributed by atoms with Gasteiger partial charge in [0.1, 0.15) is 4.90 Å². The van der Waals surface area contributed by atoms with E-state index in [4.69, 9.17) is 23.2 Å². The summed E-state index contributed by atoms with van der Waals surface area (Å²) in [7, 11) is -2.37. The van der Waals surface area contributed by atoms with Gasteiger partial charge in [-0.1, -0.05) is 23.2 Å². The van der Waals surface area contributed by atoms with Gasteiger partial charge >= 0.3 is 0 Å². The van der Waals surface area contributed by atoms with Crippen LogP contribution in [0.3, 0.4) is 0 Å². The molecule has 2 rings (SSSR count). The lowest BCUT2D eigenvalue weighted by Gasteiger charge is -2.11. The molecule has 0 aliphatic heterocycles. The summed E-state index contributed by atoms with van der Waals surface area (Å²) in [5.41, 5.74) is -0.0440. The van der Waals surface area contributed by atoms with Gasteiger partial charge < -0.3 is 4.57 Å². The van der Waals surface area contributed by atoms with E-state index in [-0.39, 0.29) is 25.6 Å². The van der Waals surface area contributed by atoms with Crippen LogP contribution in [-0.4, -0.2) is 13.0 Å². The van der Waals surface area contributed by atoms with E-state index in [2.05, 4.69) is 20.7 Å². The van der Waals surface area contributed by atoms with Gasteiger partial charge in [0.25, 0.3) is 15.6 Å². The molecular formula is C12H9BrCl2N2O3S. The van der Waals surface area contributed by atoms with Gasteiger partial charge in [-0.3, -0.25) is 9.52 Å². The molecule has 0 unspecified atom stereocenters. The van der Waals surface area contributed by atoms with Crippen molar-refractivity contribution in [3.05, 3.63) is 55.3 Å². The number of benzene rings is 1. The standard InChI is InChI=1S/C12H9BrCl2N2O3S/c1-17-6-8(5-9(13)12(17)18)16-21(19,20)11-3-2-7(14)4-10(11)15/h2-6,16H,1H3. The molecule has 1 N–H and O–H groups in total. The SMILES string of the molecule is Cn1cc(NS(=O)(=O)c2ccc(Cl)cc2Cl)cc(Br)c1=O. The van der Waals surface area contributed by atoms with Gasteiger partial charge in [0.15, 0.2) is 0 Å². The summed E-state index contributed by atoms with van der Waals surface area (Å²) in [6.07, 6.45) is 1.37. The average Bonchev–Trinajstić information content (AvgIpc) is 2.34. The number of pyridine rings is 1. The third kappa shape index (κ3) is 3.60. The first-order valence-corrected chi connectivity index (χ1v) is 8.58. The van der Waals surface area contributed by atoms with Crippen molar-refractivity contribution < 1.29 is 8.42 Å². The Morgan fingerprint density at radius 3 is 2.48 bits per heavy atom. The van der Waals surface area contributed by atoms with E-state index in [1.54, 1.807) is 0 Å². The lowest BCUT2D eigenvalue weighted by atomic mass is 10.4. The Morgan fingerprint density at radius 1 is 1.24 bits per heavy atom. The zero-order valence-corrected chi connectivity index (χ0v) is 14.5. The molecular weight excluding hydrogens is 403 g/mol. The van der Waals surface area contributed by atoms with Crippen molar-refractivity contribution in [2.24, 2.45) is 7.05 Å². The molecule has 0 aliphatic carbocycles. The van der Waals surface area contributed by atoms with Crippen LogP contribution in [0.2, 0.25) is 10.0 Å². The van der Waals surface area contributed by atoms with Crippen LogP contribution < -0.4 is 10.3 Å². The van der Waals surface area contributed by atoms with Gasteiger partial charge in [0.2, 0.25) is 0 Å². The molecule has 9 heteroatoms. The van der Waals surface area contributed by atoms with Crippen molar-refractivity contribution in [3.8, 4) is 0 Å². The van der Waals surface area contributed by atoms with E-state index in [1.807, 2.05) is 0 Å². The summed E-state index contributed by atoms with van der Waals surface area (Å²) in [4.78, 5) is 11.5. The Labute approximate surface area is 139 Å². The summed E-state index contributed by atoms with van der Waals surface area (Å²) in [6.45, 7) is 0. The molecule has 0 bridgehead atoms. The van der Waals surface area contributed by atoms with Crippen molar-refractivity contribution in [3.63, 3.8) is 0 Å². The molecule has 0 spiro atoms. The first kappa shape index (κ1) is 16.4. The average molecular weight is 412 g/mol. The van der Waals surface area contributed by atoms with Crippen LogP contribution >= 0.6 is 39.1 Å². The maximum absolute atomic E-state index is 12.3. The van der Waals surface area contributed by atoms with Crippen LogP contribution in [0.4, 0.5) is 5.69 Å². The maximum atomic E-state index is 12.3. The van der Waals surface area contributed by atoms with Crippen LogP contribution in [0.15, 0.2) is 44.6 Å². The molecule has 1 aromatic heterocycles. The van der Waals surface area contributed by atoms with Crippen molar-refractivity contribution in [2.75, 3.05) is 4.72 Å². The van der Waals surface area contributed by atoms with Crippen LogP contribution in [0.1, 0.15) is 0 Å². The largest absolute Gasteiger partial charge is 0.316 e. The van der Waals surface area contributed by atoms with E-state index >= 15 is 0 Å². The second-order valence-corrected chi connectivity index (χ2v) is 7.52. The summed E-state index contributed by atoms with van der Waals surface area (Å²) in [5.74, 6) is 0. The predicted octanol–water partition coefficient (Wildman–Crippen LogP) is 3.26. The highest BCUT2D eigenvalue weighted by molar-refractivity contribution is 9.10. The highest BCUT2D eigenvalue weighted by Crippen LogP contribution is 2.26.